The Morgan fingerprint density at radius 2 is 1.79 bits per heavy atom. The molecule has 1 aliphatic rings. The predicted molar refractivity (Wildman–Crippen MR) is 97.0 cm³/mol. The first kappa shape index (κ1) is 15.0. The zero-order valence-electron chi connectivity index (χ0n) is 13.5. The number of thioether (sulfide) groups is 1. The first-order valence-electron chi connectivity index (χ1n) is 7.72. The van der Waals surface area contributed by atoms with Crippen molar-refractivity contribution >= 4 is 23.4 Å². The molecule has 5 nitrogen and oxygen atoms in total. The second-order valence-electron chi connectivity index (χ2n) is 5.74. The molecule has 3 aromatic rings. The lowest BCUT2D eigenvalue weighted by Gasteiger charge is -2.23. The molecule has 24 heavy (non-hydrogen) atoms. The van der Waals surface area contributed by atoms with Crippen LogP contribution in [0.4, 0.5) is 5.95 Å². The molecule has 0 saturated heterocycles. The van der Waals surface area contributed by atoms with Crippen molar-refractivity contribution in [1.82, 2.24) is 20.2 Å². The van der Waals surface area contributed by atoms with Crippen LogP contribution in [-0.2, 0) is 0 Å². The average Bonchev–Trinajstić information content (AvgIpc) is 3.10. The number of rotatable bonds is 3. The summed E-state index contributed by atoms with van der Waals surface area (Å²) in [6, 6.07) is 17.0. The Balaban J connectivity index is 1.77. The number of nitrogens with zero attached hydrogens (tertiary/aromatic N) is 4. The van der Waals surface area contributed by atoms with Gasteiger partial charge in [-0.3, -0.25) is 0 Å². The van der Waals surface area contributed by atoms with Gasteiger partial charge in [-0.25, -0.2) is 0 Å². The van der Waals surface area contributed by atoms with Gasteiger partial charge in [-0.05, 0) is 52.9 Å². The third kappa shape index (κ3) is 2.69. The highest BCUT2D eigenvalue weighted by Gasteiger charge is 2.24. The van der Waals surface area contributed by atoms with E-state index in [1.165, 1.54) is 10.5 Å². The lowest BCUT2D eigenvalue weighted by atomic mass is 10.0. The van der Waals surface area contributed by atoms with Gasteiger partial charge in [-0.1, -0.05) is 47.1 Å². The van der Waals surface area contributed by atoms with Crippen molar-refractivity contribution in [3.63, 3.8) is 0 Å². The van der Waals surface area contributed by atoms with Crippen LogP contribution in [0.3, 0.4) is 0 Å². The molecule has 6 heteroatoms. The number of nitrogens with one attached hydrogen (secondary N) is 1. The summed E-state index contributed by atoms with van der Waals surface area (Å²) < 4.78 is 1.81. The Hall–Kier alpha value is -2.60. The molecular weight excluding hydrogens is 318 g/mol. The minimum Gasteiger partial charge on any atom is -0.323 e. The van der Waals surface area contributed by atoms with Crippen LogP contribution in [-0.4, -0.2) is 26.5 Å². The SMILES string of the molecule is CSc1ccc(C2C=C(c3ccc(C)cc3)Nc3nnnn32)cc1. The molecule has 2 aromatic carbocycles. The molecule has 1 N–H and O–H groups in total. The van der Waals surface area contributed by atoms with E-state index in [2.05, 4.69) is 88.6 Å². The van der Waals surface area contributed by atoms with Gasteiger partial charge in [0.1, 0.15) is 6.04 Å². The second-order valence-corrected chi connectivity index (χ2v) is 6.62. The molecule has 1 aromatic heterocycles. The molecule has 0 spiro atoms. The van der Waals surface area contributed by atoms with Gasteiger partial charge >= 0.3 is 0 Å². The van der Waals surface area contributed by atoms with Crippen LogP contribution in [0.5, 0.6) is 0 Å². The minimum atomic E-state index is -0.0246. The van der Waals surface area contributed by atoms with E-state index in [0.29, 0.717) is 5.95 Å². The topological polar surface area (TPSA) is 55.6 Å². The fourth-order valence-corrected chi connectivity index (χ4v) is 3.20. The summed E-state index contributed by atoms with van der Waals surface area (Å²) in [6.07, 6.45) is 4.25. The van der Waals surface area contributed by atoms with E-state index in [1.54, 1.807) is 11.8 Å². The molecule has 1 unspecified atom stereocenters. The molecule has 1 aliphatic heterocycles. The van der Waals surface area contributed by atoms with Gasteiger partial charge < -0.3 is 5.32 Å². The number of allylic oxidation sites excluding steroid dienone is 1. The molecule has 0 fully saturated rings. The monoisotopic (exact) mass is 335 g/mol. The lowest BCUT2D eigenvalue weighted by Crippen LogP contribution is -2.20. The van der Waals surface area contributed by atoms with Gasteiger partial charge in [0, 0.05) is 10.6 Å². The summed E-state index contributed by atoms with van der Waals surface area (Å²) in [7, 11) is 0. The zero-order chi connectivity index (χ0) is 16.5. The van der Waals surface area contributed by atoms with Crippen molar-refractivity contribution in [2.75, 3.05) is 11.6 Å². The Morgan fingerprint density at radius 1 is 1.04 bits per heavy atom. The maximum Gasteiger partial charge on any atom is 0.248 e. The first-order chi connectivity index (χ1) is 11.7. The van der Waals surface area contributed by atoms with Crippen LogP contribution in [0.15, 0.2) is 59.5 Å². The molecule has 2 heterocycles. The summed E-state index contributed by atoms with van der Waals surface area (Å²) in [6.45, 7) is 2.09. The van der Waals surface area contributed by atoms with Crippen molar-refractivity contribution in [2.24, 2.45) is 0 Å². The fourth-order valence-electron chi connectivity index (χ4n) is 2.79. The van der Waals surface area contributed by atoms with Crippen LogP contribution in [0.25, 0.3) is 5.70 Å². The van der Waals surface area contributed by atoms with E-state index in [1.807, 2.05) is 4.68 Å². The summed E-state index contributed by atoms with van der Waals surface area (Å²) in [5, 5.41) is 15.4. The summed E-state index contributed by atoms with van der Waals surface area (Å²) >= 11 is 1.74. The molecule has 0 amide bonds. The standard InChI is InChI=1S/C18H17N5S/c1-12-3-5-13(6-4-12)16-11-17(23-18(19-16)20-21-22-23)14-7-9-15(24-2)10-8-14/h3-11,17H,1-2H3,(H,19,20,22). The van der Waals surface area contributed by atoms with E-state index < -0.39 is 0 Å². The van der Waals surface area contributed by atoms with Gasteiger partial charge in [0.05, 0.1) is 0 Å². The minimum absolute atomic E-state index is 0.0246. The van der Waals surface area contributed by atoms with Gasteiger partial charge in [-0.15, -0.1) is 11.8 Å². The van der Waals surface area contributed by atoms with Crippen LogP contribution >= 0.6 is 11.8 Å². The average molecular weight is 335 g/mol. The number of hydrogen-bond acceptors (Lipinski definition) is 5. The van der Waals surface area contributed by atoms with Gasteiger partial charge in [-0.2, -0.15) is 4.68 Å². The third-order valence-electron chi connectivity index (χ3n) is 4.15. The highest BCUT2D eigenvalue weighted by atomic mass is 32.2. The van der Waals surface area contributed by atoms with E-state index in [4.69, 9.17) is 0 Å². The first-order valence-corrected chi connectivity index (χ1v) is 8.95. The maximum atomic E-state index is 4.14. The molecule has 1 atom stereocenters. The number of tetrazole rings is 1. The molecular formula is C18H17N5S. The van der Waals surface area contributed by atoms with E-state index in [9.17, 15) is 0 Å². The third-order valence-corrected chi connectivity index (χ3v) is 4.89. The lowest BCUT2D eigenvalue weighted by molar-refractivity contribution is 0.585. The molecule has 0 bridgehead atoms. The summed E-state index contributed by atoms with van der Waals surface area (Å²) in [5.74, 6) is 0.659. The number of anilines is 1. The zero-order valence-corrected chi connectivity index (χ0v) is 14.3. The molecule has 120 valence electrons. The highest BCUT2D eigenvalue weighted by molar-refractivity contribution is 7.98. The number of aromatic nitrogens is 4. The van der Waals surface area contributed by atoms with E-state index in [-0.39, 0.29) is 6.04 Å². The molecule has 0 radical (unpaired) electrons. The van der Waals surface area contributed by atoms with Gasteiger partial charge in [0.2, 0.25) is 5.95 Å². The van der Waals surface area contributed by atoms with Crippen LogP contribution in [0, 0.1) is 6.92 Å². The molecule has 0 aliphatic carbocycles. The molecule has 0 saturated carbocycles. The largest absolute Gasteiger partial charge is 0.323 e. The predicted octanol–water partition coefficient (Wildman–Crippen LogP) is 3.76. The highest BCUT2D eigenvalue weighted by Crippen LogP contribution is 2.32. The number of fused-ring (bicyclic) bond motifs is 1. The van der Waals surface area contributed by atoms with Crippen LogP contribution < -0.4 is 5.32 Å². The second kappa shape index (κ2) is 6.13. The summed E-state index contributed by atoms with van der Waals surface area (Å²) in [5.41, 5.74) is 4.55. The van der Waals surface area contributed by atoms with Gasteiger partial charge in [0.25, 0.3) is 0 Å². The smallest absolute Gasteiger partial charge is 0.248 e. The maximum absolute atomic E-state index is 4.14. The van der Waals surface area contributed by atoms with Crippen LogP contribution in [0.1, 0.15) is 22.7 Å². The number of aryl methyl sites for hydroxylation is 1. The Labute approximate surface area is 144 Å². The Morgan fingerprint density at radius 3 is 2.50 bits per heavy atom. The number of hydrogen-bond donors (Lipinski definition) is 1. The van der Waals surface area contributed by atoms with E-state index >= 15 is 0 Å². The van der Waals surface area contributed by atoms with Crippen molar-refractivity contribution in [1.29, 1.82) is 0 Å². The van der Waals surface area contributed by atoms with E-state index in [0.717, 1.165) is 16.8 Å². The van der Waals surface area contributed by atoms with Gasteiger partial charge in [0.15, 0.2) is 0 Å². The summed E-state index contributed by atoms with van der Waals surface area (Å²) in [4.78, 5) is 1.24. The Kier molecular flexibility index (Phi) is 3.82. The normalized spacial score (nSPS) is 16.2. The fraction of sp³-hybridized carbons (Fsp3) is 0.167. The Bertz CT molecular complexity index is 881. The van der Waals surface area contributed by atoms with Crippen molar-refractivity contribution in [3.05, 3.63) is 71.3 Å². The number of benzene rings is 2. The van der Waals surface area contributed by atoms with Crippen LogP contribution in [0.2, 0.25) is 0 Å². The quantitative estimate of drug-likeness (QED) is 0.739. The van der Waals surface area contributed by atoms with Crippen molar-refractivity contribution in [2.45, 2.75) is 17.9 Å². The van der Waals surface area contributed by atoms with Crippen molar-refractivity contribution < 1.29 is 0 Å². The van der Waals surface area contributed by atoms with Crippen molar-refractivity contribution in [3.8, 4) is 0 Å². The molecule has 4 rings (SSSR count).